The first-order valence-corrected chi connectivity index (χ1v) is 9.18. The van der Waals surface area contributed by atoms with Crippen LogP contribution in [0.5, 0.6) is 11.5 Å². The van der Waals surface area contributed by atoms with Crippen LogP contribution in [0.25, 0.3) is 0 Å². The Labute approximate surface area is 167 Å². The zero-order chi connectivity index (χ0) is 20.1. The molecule has 28 heavy (non-hydrogen) atoms. The molecule has 1 N–H and O–H groups in total. The molecule has 0 aromatic heterocycles. The minimum atomic E-state index is -0.580. The topological polar surface area (TPSA) is 93.9 Å². The van der Waals surface area contributed by atoms with Crippen molar-refractivity contribution in [2.75, 3.05) is 31.6 Å². The van der Waals surface area contributed by atoms with Crippen LogP contribution in [0.3, 0.4) is 0 Å². The number of likely N-dealkylation sites (N-methyl/N-ethyl adjacent to an activating group) is 1. The Bertz CT molecular complexity index is 876. The summed E-state index contributed by atoms with van der Waals surface area (Å²) in [6, 6.07) is 11.5. The highest BCUT2D eigenvalue weighted by Gasteiger charge is 2.24. The number of fused-ring (bicyclic) bond motifs is 1. The van der Waals surface area contributed by atoms with Gasteiger partial charge in [0.05, 0.1) is 11.5 Å². The number of hydrogen-bond donors (Lipinski definition) is 1. The number of ether oxygens (including phenoxy) is 2. The first kappa shape index (κ1) is 19.9. The molecule has 0 spiro atoms. The highest BCUT2D eigenvalue weighted by Crippen LogP contribution is 2.31. The van der Waals surface area contributed by atoms with Gasteiger partial charge >= 0.3 is 0 Å². The molecule has 1 atom stereocenters. The number of halogens is 1. The van der Waals surface area contributed by atoms with Crippen LogP contribution in [0.4, 0.5) is 11.4 Å². The van der Waals surface area contributed by atoms with Crippen molar-refractivity contribution in [2.45, 2.75) is 13.0 Å². The molecule has 1 aliphatic heterocycles. The van der Waals surface area contributed by atoms with Crippen molar-refractivity contribution in [2.24, 2.45) is 0 Å². The van der Waals surface area contributed by atoms with Gasteiger partial charge in [0.15, 0.2) is 11.5 Å². The fraction of sp³-hybridized carbons (Fsp3) is 0.316. The van der Waals surface area contributed by atoms with E-state index >= 15 is 0 Å². The Balaban J connectivity index is 1.59. The Kier molecular flexibility index (Phi) is 6.33. The molecule has 1 aliphatic rings. The zero-order valence-corrected chi connectivity index (χ0v) is 16.0. The Morgan fingerprint density at radius 2 is 2.07 bits per heavy atom. The van der Waals surface area contributed by atoms with E-state index in [-0.39, 0.29) is 35.0 Å². The van der Waals surface area contributed by atoms with Gasteiger partial charge in [0.1, 0.15) is 18.4 Å². The van der Waals surface area contributed by atoms with Crippen LogP contribution in [0.2, 0.25) is 5.02 Å². The van der Waals surface area contributed by atoms with E-state index < -0.39 is 4.92 Å². The summed E-state index contributed by atoms with van der Waals surface area (Å²) < 4.78 is 11.6. The number of para-hydroxylation sites is 2. The van der Waals surface area contributed by atoms with Crippen LogP contribution >= 0.6 is 11.6 Å². The molecule has 0 saturated carbocycles. The second-order valence-corrected chi connectivity index (χ2v) is 6.73. The lowest BCUT2D eigenvalue weighted by Gasteiger charge is -2.30. The van der Waals surface area contributed by atoms with Crippen molar-refractivity contribution in [1.82, 2.24) is 4.90 Å². The number of nitrogens with zero attached hydrogens (tertiary/aromatic N) is 2. The molecular weight excluding hydrogens is 386 g/mol. The average molecular weight is 406 g/mol. The zero-order valence-electron chi connectivity index (χ0n) is 15.3. The maximum atomic E-state index is 12.4. The van der Waals surface area contributed by atoms with E-state index in [0.717, 1.165) is 0 Å². The van der Waals surface area contributed by atoms with Gasteiger partial charge in [-0.15, -0.1) is 0 Å². The maximum Gasteiger partial charge on any atom is 0.294 e. The van der Waals surface area contributed by atoms with Gasteiger partial charge in [0.25, 0.3) is 5.69 Å². The normalized spacial score (nSPS) is 15.3. The number of nitro benzene ring substituents is 1. The first-order chi connectivity index (χ1) is 13.5. The predicted octanol–water partition coefficient (Wildman–Crippen LogP) is 3.35. The van der Waals surface area contributed by atoms with Crippen LogP contribution in [0.15, 0.2) is 42.5 Å². The van der Waals surface area contributed by atoms with Gasteiger partial charge in [-0.1, -0.05) is 30.7 Å². The molecule has 8 nitrogen and oxygen atoms in total. The Morgan fingerprint density at radius 3 is 2.79 bits per heavy atom. The van der Waals surface area contributed by atoms with E-state index in [1.807, 2.05) is 36.1 Å². The lowest BCUT2D eigenvalue weighted by molar-refractivity contribution is -0.383. The summed E-state index contributed by atoms with van der Waals surface area (Å²) >= 11 is 5.80. The predicted molar refractivity (Wildman–Crippen MR) is 105 cm³/mol. The summed E-state index contributed by atoms with van der Waals surface area (Å²) in [5, 5.41) is 14.0. The Hall–Kier alpha value is -2.84. The monoisotopic (exact) mass is 405 g/mol. The standard InChI is InChI=1S/C19H20ClN3O5/c1-2-22(10-14-12-27-17-5-3-4-6-18(17)28-14)11-19(24)21-15-8-7-13(20)9-16(15)23(25)26/h3-9,14H,2,10-12H2,1H3,(H,21,24). The molecule has 0 aliphatic carbocycles. The summed E-state index contributed by atoms with van der Waals surface area (Å²) in [6.45, 7) is 3.48. The molecule has 1 heterocycles. The summed E-state index contributed by atoms with van der Waals surface area (Å²) in [5.41, 5.74) is -0.133. The van der Waals surface area contributed by atoms with Crippen molar-refractivity contribution in [3.8, 4) is 11.5 Å². The molecule has 0 bridgehead atoms. The molecule has 1 amide bonds. The lowest BCUT2D eigenvalue weighted by Crippen LogP contribution is -2.43. The van der Waals surface area contributed by atoms with Crippen molar-refractivity contribution >= 4 is 28.9 Å². The quantitative estimate of drug-likeness (QED) is 0.560. The lowest BCUT2D eigenvalue weighted by atomic mass is 10.2. The van der Waals surface area contributed by atoms with E-state index in [2.05, 4.69) is 5.32 Å². The van der Waals surface area contributed by atoms with Crippen LogP contribution in [0, 0.1) is 10.1 Å². The smallest absolute Gasteiger partial charge is 0.294 e. The number of nitrogens with one attached hydrogen (secondary N) is 1. The number of anilines is 1. The SMILES string of the molecule is CCN(CC(=O)Nc1ccc(Cl)cc1[N+](=O)[O-])CC1COc2ccccc2O1. The van der Waals surface area contributed by atoms with Crippen molar-refractivity contribution in [3.05, 3.63) is 57.6 Å². The van der Waals surface area contributed by atoms with E-state index in [9.17, 15) is 14.9 Å². The number of amides is 1. The maximum absolute atomic E-state index is 12.4. The number of carbonyl (C=O) groups is 1. The molecule has 9 heteroatoms. The minimum Gasteiger partial charge on any atom is -0.486 e. The third-order valence-corrected chi connectivity index (χ3v) is 4.51. The molecule has 2 aromatic rings. The highest BCUT2D eigenvalue weighted by molar-refractivity contribution is 6.31. The molecule has 148 valence electrons. The third kappa shape index (κ3) is 4.90. The molecular formula is C19H20ClN3O5. The highest BCUT2D eigenvalue weighted by atomic mass is 35.5. The largest absolute Gasteiger partial charge is 0.486 e. The van der Waals surface area contributed by atoms with Crippen LogP contribution in [0.1, 0.15) is 6.92 Å². The fourth-order valence-electron chi connectivity index (χ4n) is 2.90. The van der Waals surface area contributed by atoms with Crippen molar-refractivity contribution < 1.29 is 19.2 Å². The fourth-order valence-corrected chi connectivity index (χ4v) is 3.07. The molecule has 3 rings (SSSR count). The summed E-state index contributed by atoms with van der Waals surface area (Å²) in [4.78, 5) is 24.9. The number of nitro groups is 1. The average Bonchev–Trinajstić information content (AvgIpc) is 2.68. The number of hydrogen-bond acceptors (Lipinski definition) is 6. The number of carbonyl (C=O) groups excluding carboxylic acids is 1. The van der Waals surface area contributed by atoms with Crippen molar-refractivity contribution in [1.29, 1.82) is 0 Å². The minimum absolute atomic E-state index is 0.0672. The van der Waals surface area contributed by atoms with Gasteiger partial charge in [-0.05, 0) is 30.8 Å². The van der Waals surface area contributed by atoms with Gasteiger partial charge in [0.2, 0.25) is 5.91 Å². The summed E-state index contributed by atoms with van der Waals surface area (Å²) in [5.74, 6) is 1.02. The van der Waals surface area contributed by atoms with Crippen LogP contribution < -0.4 is 14.8 Å². The first-order valence-electron chi connectivity index (χ1n) is 8.81. The van der Waals surface area contributed by atoms with Gasteiger partial charge in [-0.2, -0.15) is 0 Å². The van der Waals surface area contributed by atoms with Gasteiger partial charge in [-0.25, -0.2) is 0 Å². The van der Waals surface area contributed by atoms with E-state index in [0.29, 0.717) is 31.2 Å². The molecule has 2 aromatic carbocycles. The second-order valence-electron chi connectivity index (χ2n) is 6.29. The van der Waals surface area contributed by atoms with Crippen LogP contribution in [-0.2, 0) is 4.79 Å². The van der Waals surface area contributed by atoms with Crippen molar-refractivity contribution in [3.63, 3.8) is 0 Å². The summed E-state index contributed by atoms with van der Waals surface area (Å²) in [7, 11) is 0. The molecule has 0 radical (unpaired) electrons. The summed E-state index contributed by atoms with van der Waals surface area (Å²) in [6.07, 6.45) is -0.215. The van der Waals surface area contributed by atoms with E-state index in [1.54, 1.807) is 0 Å². The molecule has 0 fully saturated rings. The second kappa shape index (κ2) is 8.90. The number of rotatable bonds is 7. The molecule has 1 unspecified atom stereocenters. The number of benzene rings is 2. The molecule has 0 saturated heterocycles. The third-order valence-electron chi connectivity index (χ3n) is 4.27. The van der Waals surface area contributed by atoms with E-state index in [4.69, 9.17) is 21.1 Å². The van der Waals surface area contributed by atoms with E-state index in [1.165, 1.54) is 18.2 Å². The van der Waals surface area contributed by atoms with Gasteiger partial charge in [0, 0.05) is 17.6 Å². The van der Waals surface area contributed by atoms with Gasteiger partial charge in [-0.3, -0.25) is 19.8 Å². The van der Waals surface area contributed by atoms with Crippen LogP contribution in [-0.4, -0.2) is 48.1 Å². The van der Waals surface area contributed by atoms with Gasteiger partial charge < -0.3 is 14.8 Å². The Morgan fingerprint density at radius 1 is 1.32 bits per heavy atom.